The maximum absolute atomic E-state index is 12.5. The summed E-state index contributed by atoms with van der Waals surface area (Å²) in [5, 5.41) is 6.75. The van der Waals surface area contributed by atoms with Gasteiger partial charge in [0.05, 0.1) is 11.2 Å². The Morgan fingerprint density at radius 1 is 0.889 bits per heavy atom. The van der Waals surface area contributed by atoms with Crippen molar-refractivity contribution in [3.8, 4) is 0 Å². The molecule has 5 nitrogen and oxygen atoms in total. The highest BCUT2D eigenvalue weighted by molar-refractivity contribution is 6.08. The van der Waals surface area contributed by atoms with E-state index in [0.29, 0.717) is 23.4 Å². The monoisotopic (exact) mass is 361 g/mol. The number of unbranched alkanes of at least 4 members (excludes halogenated alkanes) is 2. The predicted octanol–water partition coefficient (Wildman–Crippen LogP) is 4.41. The maximum Gasteiger partial charge on any atom is 0.255 e. The smallest absolute Gasteiger partial charge is 0.255 e. The van der Waals surface area contributed by atoms with Crippen molar-refractivity contribution < 1.29 is 9.59 Å². The van der Waals surface area contributed by atoms with E-state index in [9.17, 15) is 9.59 Å². The van der Waals surface area contributed by atoms with Crippen LogP contribution >= 0.6 is 0 Å². The Morgan fingerprint density at radius 3 is 2.33 bits per heavy atom. The third-order valence-corrected chi connectivity index (χ3v) is 4.36. The zero-order valence-corrected chi connectivity index (χ0v) is 15.4. The van der Waals surface area contributed by atoms with Crippen LogP contribution in [-0.4, -0.2) is 23.3 Å². The number of nitrogens with zero attached hydrogens (tertiary/aromatic N) is 1. The Morgan fingerprint density at radius 2 is 1.59 bits per heavy atom. The molecule has 2 aromatic carbocycles. The molecule has 3 aromatic rings. The van der Waals surface area contributed by atoms with Crippen LogP contribution in [0, 0.1) is 0 Å². The number of carbonyl (C=O) groups is 2. The van der Waals surface area contributed by atoms with Crippen LogP contribution in [0.15, 0.2) is 60.8 Å². The molecule has 0 aliphatic carbocycles. The van der Waals surface area contributed by atoms with Gasteiger partial charge in [0.25, 0.3) is 11.8 Å². The molecule has 0 bridgehead atoms. The number of hydrogen-bond donors (Lipinski definition) is 2. The number of carbonyl (C=O) groups excluding carboxylic acids is 2. The third-order valence-electron chi connectivity index (χ3n) is 4.36. The number of pyridine rings is 1. The van der Waals surface area contributed by atoms with Gasteiger partial charge in [0.1, 0.15) is 0 Å². The molecule has 0 saturated carbocycles. The SMILES string of the molecule is CCCCCNC(=O)c1ccc(C(=O)Nc2cccc3cccnc23)cc1. The average molecular weight is 361 g/mol. The molecule has 27 heavy (non-hydrogen) atoms. The number of aromatic nitrogens is 1. The predicted molar refractivity (Wildman–Crippen MR) is 108 cm³/mol. The van der Waals surface area contributed by atoms with Gasteiger partial charge in [-0.1, -0.05) is 38.0 Å². The summed E-state index contributed by atoms with van der Waals surface area (Å²) in [5.74, 6) is -0.348. The van der Waals surface area contributed by atoms with Crippen molar-refractivity contribution in [3.63, 3.8) is 0 Å². The molecule has 0 aliphatic heterocycles. The van der Waals surface area contributed by atoms with E-state index in [4.69, 9.17) is 0 Å². The molecular weight excluding hydrogens is 338 g/mol. The topological polar surface area (TPSA) is 71.1 Å². The summed E-state index contributed by atoms with van der Waals surface area (Å²) in [7, 11) is 0. The fraction of sp³-hybridized carbons (Fsp3) is 0.227. The largest absolute Gasteiger partial charge is 0.352 e. The lowest BCUT2D eigenvalue weighted by Gasteiger charge is -2.09. The number of benzene rings is 2. The van der Waals surface area contributed by atoms with Crippen molar-refractivity contribution in [2.45, 2.75) is 26.2 Å². The molecule has 5 heteroatoms. The molecule has 1 heterocycles. The number of nitrogens with one attached hydrogen (secondary N) is 2. The molecule has 0 fully saturated rings. The van der Waals surface area contributed by atoms with Gasteiger partial charge in [-0.15, -0.1) is 0 Å². The second-order valence-corrected chi connectivity index (χ2v) is 6.38. The van der Waals surface area contributed by atoms with Crippen LogP contribution in [-0.2, 0) is 0 Å². The number of para-hydroxylation sites is 1. The summed E-state index contributed by atoms with van der Waals surface area (Å²) in [5.41, 5.74) is 2.45. The first-order chi connectivity index (χ1) is 13.2. The van der Waals surface area contributed by atoms with Gasteiger partial charge in [-0.2, -0.15) is 0 Å². The molecule has 3 rings (SSSR count). The minimum absolute atomic E-state index is 0.115. The molecule has 0 saturated heterocycles. The van der Waals surface area contributed by atoms with E-state index in [1.807, 2.05) is 30.3 Å². The van der Waals surface area contributed by atoms with E-state index in [1.165, 1.54) is 0 Å². The van der Waals surface area contributed by atoms with E-state index >= 15 is 0 Å². The molecule has 0 unspecified atom stereocenters. The Hall–Kier alpha value is -3.21. The van der Waals surface area contributed by atoms with E-state index in [2.05, 4.69) is 22.5 Å². The Balaban J connectivity index is 1.66. The Labute approximate surface area is 158 Å². The van der Waals surface area contributed by atoms with Crippen molar-refractivity contribution in [2.75, 3.05) is 11.9 Å². The third kappa shape index (κ3) is 4.70. The van der Waals surface area contributed by atoms with Crippen molar-refractivity contribution in [3.05, 3.63) is 71.9 Å². The van der Waals surface area contributed by atoms with Crippen molar-refractivity contribution >= 4 is 28.4 Å². The first-order valence-electron chi connectivity index (χ1n) is 9.22. The number of rotatable bonds is 7. The lowest BCUT2D eigenvalue weighted by atomic mass is 10.1. The fourth-order valence-corrected chi connectivity index (χ4v) is 2.85. The molecule has 0 aliphatic rings. The number of amides is 2. The molecule has 2 N–H and O–H groups in total. The Bertz CT molecular complexity index is 930. The number of anilines is 1. The first-order valence-corrected chi connectivity index (χ1v) is 9.22. The summed E-state index contributed by atoms with van der Waals surface area (Å²) in [6.45, 7) is 2.79. The van der Waals surface area contributed by atoms with Crippen molar-refractivity contribution in [2.24, 2.45) is 0 Å². The highest BCUT2D eigenvalue weighted by atomic mass is 16.2. The average Bonchev–Trinajstić information content (AvgIpc) is 2.71. The first kappa shape index (κ1) is 18.6. The molecule has 2 amide bonds. The second-order valence-electron chi connectivity index (χ2n) is 6.38. The number of fused-ring (bicyclic) bond motifs is 1. The second kappa shape index (κ2) is 8.94. The molecule has 138 valence electrons. The molecule has 0 atom stereocenters. The normalized spacial score (nSPS) is 10.6. The standard InChI is InChI=1S/C22H23N3O2/c1-2-3-4-14-24-21(26)17-10-12-18(13-11-17)22(27)25-19-9-5-7-16-8-6-15-23-20(16)19/h5-13,15H,2-4,14H2,1H3,(H,24,26)(H,25,27). The fourth-order valence-electron chi connectivity index (χ4n) is 2.85. The van der Waals surface area contributed by atoms with Gasteiger partial charge in [-0.25, -0.2) is 0 Å². The van der Waals surface area contributed by atoms with Crippen LogP contribution in [0.3, 0.4) is 0 Å². The molecule has 0 spiro atoms. The van der Waals surface area contributed by atoms with Crippen LogP contribution in [0.1, 0.15) is 46.9 Å². The summed E-state index contributed by atoms with van der Waals surface area (Å²) in [6, 6.07) is 16.1. The van der Waals surface area contributed by atoms with Gasteiger partial charge < -0.3 is 10.6 Å². The van der Waals surface area contributed by atoms with Crippen LogP contribution < -0.4 is 10.6 Å². The van der Waals surface area contributed by atoms with Crippen LogP contribution in [0.5, 0.6) is 0 Å². The molecule has 0 radical (unpaired) electrons. The van der Waals surface area contributed by atoms with Crippen molar-refractivity contribution in [1.29, 1.82) is 0 Å². The zero-order valence-electron chi connectivity index (χ0n) is 15.4. The van der Waals surface area contributed by atoms with Crippen molar-refractivity contribution in [1.82, 2.24) is 10.3 Å². The summed E-state index contributed by atoms with van der Waals surface area (Å²) in [4.78, 5) is 29.0. The summed E-state index contributed by atoms with van der Waals surface area (Å²) < 4.78 is 0. The van der Waals surface area contributed by atoms with E-state index in [1.54, 1.807) is 30.5 Å². The molecule has 1 aromatic heterocycles. The summed E-state index contributed by atoms with van der Waals surface area (Å²) >= 11 is 0. The van der Waals surface area contributed by atoms with Gasteiger partial charge in [-0.3, -0.25) is 14.6 Å². The number of hydrogen-bond acceptors (Lipinski definition) is 3. The lowest BCUT2D eigenvalue weighted by Crippen LogP contribution is -2.24. The van der Waals surface area contributed by atoms with E-state index in [0.717, 1.165) is 30.2 Å². The van der Waals surface area contributed by atoms with E-state index < -0.39 is 0 Å². The van der Waals surface area contributed by atoms with Crippen LogP contribution in [0.2, 0.25) is 0 Å². The summed E-state index contributed by atoms with van der Waals surface area (Å²) in [6.07, 6.45) is 4.89. The van der Waals surface area contributed by atoms with Gasteiger partial charge >= 0.3 is 0 Å². The van der Waals surface area contributed by atoms with Gasteiger partial charge in [-0.05, 0) is 42.8 Å². The van der Waals surface area contributed by atoms with E-state index in [-0.39, 0.29) is 11.8 Å². The van der Waals surface area contributed by atoms with Crippen LogP contribution in [0.4, 0.5) is 5.69 Å². The highest BCUT2D eigenvalue weighted by Crippen LogP contribution is 2.21. The van der Waals surface area contributed by atoms with Gasteiger partial charge in [0, 0.05) is 29.3 Å². The zero-order chi connectivity index (χ0) is 19.1. The maximum atomic E-state index is 12.5. The minimum atomic E-state index is -0.233. The van der Waals surface area contributed by atoms with Gasteiger partial charge in [0.2, 0.25) is 0 Å². The lowest BCUT2D eigenvalue weighted by molar-refractivity contribution is 0.0951. The van der Waals surface area contributed by atoms with Gasteiger partial charge in [0.15, 0.2) is 0 Å². The highest BCUT2D eigenvalue weighted by Gasteiger charge is 2.11. The minimum Gasteiger partial charge on any atom is -0.352 e. The quantitative estimate of drug-likeness (QED) is 0.613. The van der Waals surface area contributed by atoms with Crippen LogP contribution in [0.25, 0.3) is 10.9 Å². The Kier molecular flexibility index (Phi) is 6.15. The molecular formula is C22H23N3O2.